The summed E-state index contributed by atoms with van der Waals surface area (Å²) >= 11 is 0. The van der Waals surface area contributed by atoms with Crippen LogP contribution >= 0.6 is 0 Å². The van der Waals surface area contributed by atoms with Crippen LogP contribution in [0.15, 0.2) is 46.0 Å². The van der Waals surface area contributed by atoms with Gasteiger partial charge in [0.05, 0.1) is 29.0 Å². The molecule has 1 amide bonds. The number of nitrogens with zero attached hydrogens (tertiary/aromatic N) is 3. The summed E-state index contributed by atoms with van der Waals surface area (Å²) in [5, 5.41) is 3.04. The highest BCUT2D eigenvalue weighted by Gasteiger charge is 2.20. The van der Waals surface area contributed by atoms with Gasteiger partial charge in [0, 0.05) is 32.7 Å². The number of anilines is 2. The van der Waals surface area contributed by atoms with Gasteiger partial charge in [-0.1, -0.05) is 6.92 Å². The molecule has 0 aliphatic carbocycles. The molecule has 2 heterocycles. The number of benzene rings is 2. The molecule has 8 heteroatoms. The molecule has 1 saturated heterocycles. The lowest BCUT2D eigenvalue weighted by molar-refractivity contribution is 0.102. The van der Waals surface area contributed by atoms with Crippen LogP contribution in [0.3, 0.4) is 0 Å². The van der Waals surface area contributed by atoms with Crippen molar-refractivity contribution in [3.8, 4) is 5.75 Å². The lowest BCUT2D eigenvalue weighted by Crippen LogP contribution is -2.39. The number of aromatic nitrogens is 2. The normalized spacial score (nSPS) is 13.8. The Bertz CT molecular complexity index is 1280. The molecular weight excluding hydrogens is 420 g/mol. The molecule has 1 aromatic heterocycles. The van der Waals surface area contributed by atoms with E-state index in [9.17, 15) is 14.4 Å². The van der Waals surface area contributed by atoms with Gasteiger partial charge in [-0.05, 0) is 62.1 Å². The molecule has 1 fully saturated rings. The van der Waals surface area contributed by atoms with Crippen LogP contribution in [0.5, 0.6) is 5.75 Å². The van der Waals surface area contributed by atoms with E-state index in [4.69, 9.17) is 4.74 Å². The molecule has 0 saturated carbocycles. The molecule has 1 aliphatic rings. The molecule has 0 atom stereocenters. The minimum Gasteiger partial charge on any atom is -0.494 e. The predicted molar refractivity (Wildman–Crippen MR) is 131 cm³/mol. The van der Waals surface area contributed by atoms with Gasteiger partial charge in [-0.25, -0.2) is 0 Å². The summed E-state index contributed by atoms with van der Waals surface area (Å²) in [4.78, 5) is 40.1. The number of fused-ring (bicyclic) bond motifs is 1. The number of ether oxygens (including phenoxy) is 1. The number of nitrogens with one attached hydrogen (secondary N) is 1. The van der Waals surface area contributed by atoms with Crippen LogP contribution in [0.1, 0.15) is 43.0 Å². The monoisotopic (exact) mass is 450 g/mol. The fourth-order valence-corrected chi connectivity index (χ4v) is 4.22. The second-order valence-electron chi connectivity index (χ2n) is 8.46. The number of hydrogen-bond acceptors (Lipinski definition) is 5. The highest BCUT2D eigenvalue weighted by Crippen LogP contribution is 2.33. The maximum atomic E-state index is 13.1. The SMILES string of the molecule is CCCOc1ccc(C(=O)Nc2cc3c(cc2N2CCCCC2)n(C)c(=O)c(=O)n3C)cc1. The molecule has 8 nitrogen and oxygen atoms in total. The second kappa shape index (κ2) is 9.52. The molecule has 0 unspecified atom stereocenters. The van der Waals surface area contributed by atoms with Crippen LogP contribution in [0.4, 0.5) is 11.4 Å². The second-order valence-corrected chi connectivity index (χ2v) is 8.46. The van der Waals surface area contributed by atoms with Crippen LogP contribution < -0.4 is 26.1 Å². The molecular formula is C25H30N4O4. The number of piperidine rings is 1. The number of carbonyl (C=O) groups is 1. The van der Waals surface area contributed by atoms with Crippen molar-refractivity contribution in [1.29, 1.82) is 0 Å². The highest BCUT2D eigenvalue weighted by molar-refractivity contribution is 6.07. The molecule has 0 spiro atoms. The first kappa shape index (κ1) is 22.6. The summed E-state index contributed by atoms with van der Waals surface area (Å²) in [5.74, 6) is 0.480. The molecule has 174 valence electrons. The van der Waals surface area contributed by atoms with E-state index in [1.54, 1.807) is 44.4 Å². The average Bonchev–Trinajstić information content (AvgIpc) is 2.85. The summed E-state index contributed by atoms with van der Waals surface area (Å²) in [6.45, 7) is 4.41. The van der Waals surface area contributed by atoms with Crippen molar-refractivity contribution in [2.24, 2.45) is 14.1 Å². The minimum atomic E-state index is -0.601. The molecule has 0 radical (unpaired) electrons. The predicted octanol–water partition coefficient (Wildman–Crippen LogP) is 3.27. The van der Waals surface area contributed by atoms with E-state index < -0.39 is 11.1 Å². The Morgan fingerprint density at radius 1 is 0.939 bits per heavy atom. The Kier molecular flexibility index (Phi) is 6.53. The van der Waals surface area contributed by atoms with E-state index in [2.05, 4.69) is 10.2 Å². The third kappa shape index (κ3) is 4.51. The Labute approximate surface area is 192 Å². The van der Waals surface area contributed by atoms with Crippen molar-refractivity contribution in [3.05, 3.63) is 62.7 Å². The number of aryl methyl sites for hydroxylation is 2. The number of rotatable bonds is 6. The molecule has 1 aliphatic heterocycles. The van der Waals surface area contributed by atoms with Gasteiger partial charge in [-0.3, -0.25) is 14.4 Å². The van der Waals surface area contributed by atoms with Crippen LogP contribution in [-0.2, 0) is 14.1 Å². The maximum Gasteiger partial charge on any atom is 0.316 e. The molecule has 4 rings (SSSR count). The zero-order valence-corrected chi connectivity index (χ0v) is 19.4. The molecule has 33 heavy (non-hydrogen) atoms. The number of hydrogen-bond donors (Lipinski definition) is 1. The molecule has 0 bridgehead atoms. The molecule has 1 N–H and O–H groups in total. The van der Waals surface area contributed by atoms with Crippen molar-refractivity contribution < 1.29 is 9.53 Å². The van der Waals surface area contributed by atoms with Gasteiger partial charge < -0.3 is 24.1 Å². The quantitative estimate of drug-likeness (QED) is 0.583. The first-order chi connectivity index (χ1) is 15.9. The van der Waals surface area contributed by atoms with Crippen molar-refractivity contribution in [2.45, 2.75) is 32.6 Å². The van der Waals surface area contributed by atoms with Crippen LogP contribution in [0, 0.1) is 0 Å². The van der Waals surface area contributed by atoms with Gasteiger partial charge in [-0.15, -0.1) is 0 Å². The van der Waals surface area contributed by atoms with Gasteiger partial charge in [0.1, 0.15) is 5.75 Å². The van der Waals surface area contributed by atoms with Crippen LogP contribution in [0.2, 0.25) is 0 Å². The van der Waals surface area contributed by atoms with E-state index >= 15 is 0 Å². The van der Waals surface area contributed by atoms with Gasteiger partial charge in [-0.2, -0.15) is 0 Å². The summed E-state index contributed by atoms with van der Waals surface area (Å²) < 4.78 is 8.32. The lowest BCUT2D eigenvalue weighted by Gasteiger charge is -2.31. The number of amides is 1. The average molecular weight is 451 g/mol. The van der Waals surface area contributed by atoms with Gasteiger partial charge >= 0.3 is 11.1 Å². The fraction of sp³-hybridized carbons (Fsp3) is 0.400. The Morgan fingerprint density at radius 3 is 2.15 bits per heavy atom. The Balaban J connectivity index is 1.75. The summed E-state index contributed by atoms with van der Waals surface area (Å²) in [5.41, 5.74) is 2.05. The van der Waals surface area contributed by atoms with E-state index in [0.29, 0.717) is 28.9 Å². The molecule has 2 aromatic carbocycles. The summed E-state index contributed by atoms with van der Waals surface area (Å²) in [7, 11) is 3.18. The highest BCUT2D eigenvalue weighted by atomic mass is 16.5. The lowest BCUT2D eigenvalue weighted by atomic mass is 10.1. The third-order valence-corrected chi connectivity index (χ3v) is 6.14. The van der Waals surface area contributed by atoms with Crippen LogP contribution in [0.25, 0.3) is 11.0 Å². The summed E-state index contributed by atoms with van der Waals surface area (Å²) in [6.07, 6.45) is 4.22. The largest absolute Gasteiger partial charge is 0.494 e. The van der Waals surface area contributed by atoms with Gasteiger partial charge in [0.25, 0.3) is 5.91 Å². The smallest absolute Gasteiger partial charge is 0.316 e. The van der Waals surface area contributed by atoms with E-state index in [1.165, 1.54) is 15.6 Å². The zero-order chi connectivity index (χ0) is 23.5. The van der Waals surface area contributed by atoms with Crippen molar-refractivity contribution in [1.82, 2.24) is 9.13 Å². The van der Waals surface area contributed by atoms with E-state index in [0.717, 1.165) is 43.8 Å². The van der Waals surface area contributed by atoms with Gasteiger partial charge in [0.2, 0.25) is 0 Å². The Hall–Kier alpha value is -3.55. The minimum absolute atomic E-state index is 0.246. The van der Waals surface area contributed by atoms with Crippen LogP contribution in [-0.4, -0.2) is 34.7 Å². The third-order valence-electron chi connectivity index (χ3n) is 6.14. The van der Waals surface area contributed by atoms with Crippen molar-refractivity contribution >= 4 is 28.3 Å². The Morgan fingerprint density at radius 2 is 1.55 bits per heavy atom. The molecule has 3 aromatic rings. The van der Waals surface area contributed by atoms with Gasteiger partial charge in [0.15, 0.2) is 0 Å². The van der Waals surface area contributed by atoms with E-state index in [-0.39, 0.29) is 5.91 Å². The van der Waals surface area contributed by atoms with Crippen molar-refractivity contribution in [3.63, 3.8) is 0 Å². The van der Waals surface area contributed by atoms with E-state index in [1.807, 2.05) is 13.0 Å². The first-order valence-corrected chi connectivity index (χ1v) is 11.4. The standard InChI is InChI=1S/C25H30N4O4/c1-4-14-33-18-10-8-17(9-11-18)23(30)26-19-15-21-22(28(3)25(32)24(31)27(21)2)16-20(19)29-12-6-5-7-13-29/h8-11,15-16H,4-7,12-14H2,1-3H3,(H,26,30). The number of carbonyl (C=O) groups excluding carboxylic acids is 1. The summed E-state index contributed by atoms with van der Waals surface area (Å²) in [6, 6.07) is 10.7. The maximum absolute atomic E-state index is 13.1. The topological polar surface area (TPSA) is 85.6 Å². The zero-order valence-electron chi connectivity index (χ0n) is 19.4. The fourth-order valence-electron chi connectivity index (χ4n) is 4.22. The first-order valence-electron chi connectivity index (χ1n) is 11.4. The van der Waals surface area contributed by atoms with Crippen molar-refractivity contribution in [2.75, 3.05) is 29.9 Å².